The summed E-state index contributed by atoms with van der Waals surface area (Å²) >= 11 is 1.41. The van der Waals surface area contributed by atoms with Crippen molar-refractivity contribution in [2.24, 2.45) is 4.99 Å². The van der Waals surface area contributed by atoms with Gasteiger partial charge in [-0.15, -0.1) is 0 Å². The van der Waals surface area contributed by atoms with Crippen LogP contribution in [0.4, 0.5) is 5.69 Å². The van der Waals surface area contributed by atoms with E-state index in [1.54, 1.807) is 7.11 Å². The third-order valence-corrected chi connectivity index (χ3v) is 8.83. The smallest absolute Gasteiger partial charge is 0.252 e. The first-order chi connectivity index (χ1) is 14.8. The third kappa shape index (κ3) is 4.65. The van der Waals surface area contributed by atoms with Gasteiger partial charge in [0.1, 0.15) is 5.75 Å². The van der Waals surface area contributed by atoms with Gasteiger partial charge in [0.25, 0.3) is 5.91 Å². The number of rotatable bonds is 5. The Kier molecular flexibility index (Phi) is 6.12. The van der Waals surface area contributed by atoms with Gasteiger partial charge >= 0.3 is 0 Å². The van der Waals surface area contributed by atoms with Crippen LogP contribution in [0.5, 0.6) is 5.75 Å². The maximum absolute atomic E-state index is 12.8. The molecule has 1 amide bonds. The molecule has 0 aromatic heterocycles. The number of hydrogen-bond donors (Lipinski definition) is 0. The van der Waals surface area contributed by atoms with E-state index >= 15 is 0 Å². The van der Waals surface area contributed by atoms with E-state index in [0.717, 1.165) is 22.6 Å². The molecule has 0 unspecified atom stereocenters. The number of benzene rings is 2. The summed E-state index contributed by atoms with van der Waals surface area (Å²) in [4.78, 5) is 19.2. The molecular weight excluding hydrogens is 432 g/mol. The molecule has 0 saturated carbocycles. The summed E-state index contributed by atoms with van der Waals surface area (Å²) in [5.74, 6) is 0.952. The van der Waals surface area contributed by atoms with Crippen LogP contribution >= 0.6 is 11.8 Å². The first-order valence-electron chi connectivity index (χ1n) is 10.3. The number of sulfone groups is 1. The lowest BCUT2D eigenvalue weighted by molar-refractivity contribution is -0.117. The monoisotopic (exact) mass is 458 g/mol. The Morgan fingerprint density at radius 2 is 1.87 bits per heavy atom. The standard InChI is InChI=1S/C23H26N2O4S2/c1-15(2)18-6-4-5-7-19(18)25-20-13-31(27,28)14-21(20)30-23(25)24-22(26)12-16-8-10-17(29-3)11-9-16/h4-11,15,20-21H,12-14H2,1-3H3/t20-,21-/m1/s1. The molecular formula is C23H26N2O4S2. The Morgan fingerprint density at radius 1 is 1.16 bits per heavy atom. The molecule has 0 spiro atoms. The predicted octanol–water partition coefficient (Wildman–Crippen LogP) is 3.66. The Labute approximate surface area is 187 Å². The topological polar surface area (TPSA) is 76.0 Å². The molecule has 0 aliphatic carbocycles. The fourth-order valence-corrected chi connectivity index (χ4v) is 8.03. The highest BCUT2D eigenvalue weighted by Gasteiger charge is 2.49. The van der Waals surface area contributed by atoms with Crippen molar-refractivity contribution in [3.63, 3.8) is 0 Å². The molecule has 8 heteroatoms. The second kappa shape index (κ2) is 8.67. The first kappa shape index (κ1) is 21.9. The van der Waals surface area contributed by atoms with Crippen molar-refractivity contribution in [2.75, 3.05) is 23.5 Å². The number of nitrogens with zero attached hydrogens (tertiary/aromatic N) is 2. The minimum atomic E-state index is -3.10. The molecule has 2 aromatic rings. The van der Waals surface area contributed by atoms with Gasteiger partial charge < -0.3 is 9.64 Å². The third-order valence-electron chi connectivity index (χ3n) is 5.62. The lowest BCUT2D eigenvalue weighted by atomic mass is 9.99. The minimum absolute atomic E-state index is 0.0861. The molecule has 31 heavy (non-hydrogen) atoms. The van der Waals surface area contributed by atoms with E-state index in [2.05, 4.69) is 24.9 Å². The molecule has 2 saturated heterocycles. The Bertz CT molecular complexity index is 1110. The zero-order valence-corrected chi connectivity index (χ0v) is 19.4. The van der Waals surface area contributed by atoms with Crippen molar-refractivity contribution in [1.29, 1.82) is 0 Å². The van der Waals surface area contributed by atoms with Crippen LogP contribution in [-0.4, -0.2) is 49.4 Å². The molecule has 6 nitrogen and oxygen atoms in total. The maximum atomic E-state index is 12.8. The van der Waals surface area contributed by atoms with Gasteiger partial charge in [0.2, 0.25) is 0 Å². The van der Waals surface area contributed by atoms with Crippen molar-refractivity contribution in [2.45, 2.75) is 37.5 Å². The second-order valence-corrected chi connectivity index (χ2v) is 11.6. The fraction of sp³-hybridized carbons (Fsp3) is 0.391. The highest BCUT2D eigenvalue weighted by atomic mass is 32.2. The van der Waals surface area contributed by atoms with Gasteiger partial charge in [-0.25, -0.2) is 8.42 Å². The SMILES string of the molecule is COc1ccc(CC(=O)N=C2S[C@@H]3CS(=O)(=O)C[C@H]3N2c2ccccc2C(C)C)cc1. The average Bonchev–Trinajstić information content (AvgIpc) is 3.19. The van der Waals surface area contributed by atoms with Crippen molar-refractivity contribution in [3.8, 4) is 5.75 Å². The number of amides is 1. The molecule has 2 fully saturated rings. The first-order valence-corrected chi connectivity index (χ1v) is 13.0. The summed E-state index contributed by atoms with van der Waals surface area (Å²) < 4.78 is 29.8. The highest BCUT2D eigenvalue weighted by molar-refractivity contribution is 8.16. The van der Waals surface area contributed by atoms with E-state index in [4.69, 9.17) is 4.74 Å². The number of para-hydroxylation sites is 1. The van der Waals surface area contributed by atoms with Crippen LogP contribution in [0.15, 0.2) is 53.5 Å². The lowest BCUT2D eigenvalue weighted by Crippen LogP contribution is -2.38. The van der Waals surface area contributed by atoms with Crippen molar-refractivity contribution in [1.82, 2.24) is 0 Å². The fourth-order valence-electron chi connectivity index (χ4n) is 4.11. The molecule has 2 atom stereocenters. The van der Waals surface area contributed by atoms with Crippen molar-refractivity contribution >= 4 is 38.4 Å². The van der Waals surface area contributed by atoms with Crippen LogP contribution in [0.2, 0.25) is 0 Å². The van der Waals surface area contributed by atoms with Crippen molar-refractivity contribution in [3.05, 3.63) is 59.7 Å². The van der Waals surface area contributed by atoms with Gasteiger partial charge in [-0.1, -0.05) is 55.9 Å². The van der Waals surface area contributed by atoms with Crippen LogP contribution in [-0.2, 0) is 21.1 Å². The Hall–Kier alpha value is -2.32. The van der Waals surface area contributed by atoms with E-state index in [1.807, 2.05) is 47.4 Å². The number of fused-ring (bicyclic) bond motifs is 1. The molecule has 4 rings (SSSR count). The number of hydrogen-bond acceptors (Lipinski definition) is 5. The molecule has 0 radical (unpaired) electrons. The van der Waals surface area contributed by atoms with E-state index < -0.39 is 9.84 Å². The Balaban J connectivity index is 1.66. The van der Waals surface area contributed by atoms with Crippen LogP contribution in [0.1, 0.15) is 30.9 Å². The van der Waals surface area contributed by atoms with Crippen molar-refractivity contribution < 1.29 is 17.9 Å². The number of methoxy groups -OCH3 is 1. The van der Waals surface area contributed by atoms with Gasteiger partial charge in [-0.3, -0.25) is 4.79 Å². The van der Waals surface area contributed by atoms with Crippen LogP contribution in [0.25, 0.3) is 0 Å². The summed E-state index contributed by atoms with van der Waals surface area (Å²) in [7, 11) is -1.50. The van der Waals surface area contributed by atoms with Gasteiger partial charge in [-0.2, -0.15) is 4.99 Å². The summed E-state index contributed by atoms with van der Waals surface area (Å²) in [6.07, 6.45) is 0.182. The van der Waals surface area contributed by atoms with Crippen LogP contribution in [0.3, 0.4) is 0 Å². The molecule has 0 N–H and O–H groups in total. The molecule has 2 aliphatic heterocycles. The summed E-state index contributed by atoms with van der Waals surface area (Å²) in [5.41, 5.74) is 2.91. The summed E-state index contributed by atoms with van der Waals surface area (Å²) in [6.45, 7) is 4.22. The normalized spacial score (nSPS) is 23.4. The number of carbonyl (C=O) groups excluding carboxylic acids is 1. The number of ether oxygens (including phenoxy) is 1. The van der Waals surface area contributed by atoms with E-state index in [-0.39, 0.29) is 41.0 Å². The quantitative estimate of drug-likeness (QED) is 0.681. The van der Waals surface area contributed by atoms with Gasteiger partial charge in [0.05, 0.1) is 31.1 Å². The summed E-state index contributed by atoms with van der Waals surface area (Å²) in [5, 5.41) is 0.481. The van der Waals surface area contributed by atoms with E-state index in [9.17, 15) is 13.2 Å². The van der Waals surface area contributed by atoms with E-state index in [1.165, 1.54) is 11.8 Å². The van der Waals surface area contributed by atoms with Gasteiger partial charge in [-0.05, 0) is 35.2 Å². The van der Waals surface area contributed by atoms with Gasteiger partial charge in [0, 0.05) is 10.9 Å². The zero-order valence-electron chi connectivity index (χ0n) is 17.8. The molecule has 2 heterocycles. The number of anilines is 1. The zero-order chi connectivity index (χ0) is 22.2. The number of thioether (sulfide) groups is 1. The average molecular weight is 459 g/mol. The number of carbonyl (C=O) groups is 1. The van der Waals surface area contributed by atoms with Gasteiger partial charge in [0.15, 0.2) is 15.0 Å². The summed E-state index contributed by atoms with van der Waals surface area (Å²) in [6, 6.07) is 15.1. The lowest BCUT2D eigenvalue weighted by Gasteiger charge is -2.28. The molecule has 2 aromatic carbocycles. The minimum Gasteiger partial charge on any atom is -0.497 e. The molecule has 164 valence electrons. The highest BCUT2D eigenvalue weighted by Crippen LogP contribution is 2.43. The largest absolute Gasteiger partial charge is 0.497 e. The van der Waals surface area contributed by atoms with Crippen LogP contribution < -0.4 is 9.64 Å². The van der Waals surface area contributed by atoms with E-state index in [0.29, 0.717) is 5.17 Å². The van der Waals surface area contributed by atoms with Crippen LogP contribution in [0, 0.1) is 0 Å². The molecule has 2 aliphatic rings. The molecule has 0 bridgehead atoms. The number of amidine groups is 1. The Morgan fingerprint density at radius 3 is 2.55 bits per heavy atom. The predicted molar refractivity (Wildman–Crippen MR) is 126 cm³/mol. The number of aliphatic imine (C=N–C) groups is 1. The second-order valence-electron chi connectivity index (χ2n) is 8.20. The maximum Gasteiger partial charge on any atom is 0.252 e.